The molecule has 1 N–H and O–H groups in total. The molecule has 2 aliphatic rings. The second-order valence-corrected chi connectivity index (χ2v) is 9.42. The zero-order chi connectivity index (χ0) is 21.3. The molecule has 1 saturated heterocycles. The highest BCUT2D eigenvalue weighted by Crippen LogP contribution is 2.28. The summed E-state index contributed by atoms with van der Waals surface area (Å²) >= 11 is 6.23. The van der Waals surface area contributed by atoms with Crippen molar-refractivity contribution in [3.05, 3.63) is 28.8 Å². The lowest BCUT2D eigenvalue weighted by Gasteiger charge is -2.37. The fraction of sp³-hybridized carbons (Fsp3) is 0.708. The van der Waals surface area contributed by atoms with Crippen LogP contribution in [0.2, 0.25) is 5.02 Å². The number of anilines is 1. The Morgan fingerprint density at radius 2 is 1.87 bits per heavy atom. The van der Waals surface area contributed by atoms with E-state index in [1.165, 1.54) is 37.1 Å². The van der Waals surface area contributed by atoms with Gasteiger partial charge in [-0.15, -0.1) is 0 Å². The second kappa shape index (κ2) is 11.9. The number of hydrogen-bond acceptors (Lipinski definition) is 4. The summed E-state index contributed by atoms with van der Waals surface area (Å²) in [5.74, 6) is 0.989. The molecule has 1 aliphatic heterocycles. The number of nitrogens with one attached hydrogen (secondary N) is 1. The first-order chi connectivity index (χ1) is 14.5. The first kappa shape index (κ1) is 23.4. The number of carbonyl (C=O) groups excluding carboxylic acids is 1. The Balaban J connectivity index is 1.31. The van der Waals surface area contributed by atoms with Crippen LogP contribution in [0.25, 0.3) is 0 Å². The lowest BCUT2D eigenvalue weighted by atomic mass is 9.84. The van der Waals surface area contributed by atoms with Gasteiger partial charge >= 0.3 is 0 Å². The standard InChI is InChI=1S/C24H38ClN3O2/c1-19-16-21(25)18-23(17-19)28-13-11-27(12-14-28)10-9-20-5-7-22(8-6-20)26-24(29)4-3-15-30-2/h16-18,20,22H,3-15H2,1-2H3,(H,26,29)/t20-,22-. The van der Waals surface area contributed by atoms with Gasteiger partial charge in [0.2, 0.25) is 5.91 Å². The maximum atomic E-state index is 12.0. The van der Waals surface area contributed by atoms with E-state index in [1.807, 2.05) is 6.07 Å². The van der Waals surface area contributed by atoms with Gasteiger partial charge in [-0.2, -0.15) is 0 Å². The van der Waals surface area contributed by atoms with Gasteiger partial charge < -0.3 is 15.0 Å². The van der Waals surface area contributed by atoms with E-state index in [2.05, 4.69) is 34.2 Å². The molecule has 1 aromatic rings. The zero-order valence-electron chi connectivity index (χ0n) is 18.7. The highest BCUT2D eigenvalue weighted by atomic mass is 35.5. The molecule has 0 radical (unpaired) electrons. The summed E-state index contributed by atoms with van der Waals surface area (Å²) in [7, 11) is 1.68. The average molecular weight is 436 g/mol. The van der Waals surface area contributed by atoms with Gasteiger partial charge in [-0.1, -0.05) is 11.6 Å². The van der Waals surface area contributed by atoms with Crippen LogP contribution in [0.5, 0.6) is 0 Å². The molecule has 1 aliphatic carbocycles. The van der Waals surface area contributed by atoms with Gasteiger partial charge in [0.25, 0.3) is 0 Å². The van der Waals surface area contributed by atoms with Crippen LogP contribution in [0.1, 0.15) is 50.5 Å². The largest absolute Gasteiger partial charge is 0.385 e. The molecule has 6 heteroatoms. The molecule has 1 heterocycles. The summed E-state index contributed by atoms with van der Waals surface area (Å²) in [4.78, 5) is 17.0. The summed E-state index contributed by atoms with van der Waals surface area (Å²) in [5, 5.41) is 4.04. The molecule has 0 bridgehead atoms. The molecular weight excluding hydrogens is 398 g/mol. The van der Waals surface area contributed by atoms with E-state index >= 15 is 0 Å². The summed E-state index contributed by atoms with van der Waals surface area (Å²) in [5.41, 5.74) is 2.48. The van der Waals surface area contributed by atoms with E-state index in [-0.39, 0.29) is 5.91 Å². The average Bonchev–Trinajstić information content (AvgIpc) is 2.73. The topological polar surface area (TPSA) is 44.8 Å². The van der Waals surface area contributed by atoms with Crippen molar-refractivity contribution in [2.75, 3.05) is 51.3 Å². The molecule has 168 valence electrons. The minimum Gasteiger partial charge on any atom is -0.385 e. The number of benzene rings is 1. The number of aryl methyl sites for hydroxylation is 1. The Labute approximate surface area is 187 Å². The third-order valence-electron chi connectivity index (χ3n) is 6.58. The van der Waals surface area contributed by atoms with E-state index in [9.17, 15) is 4.79 Å². The monoisotopic (exact) mass is 435 g/mol. The van der Waals surface area contributed by atoms with Gasteiger partial charge in [-0.25, -0.2) is 0 Å². The number of halogens is 1. The normalized spacial score (nSPS) is 22.8. The number of hydrogen-bond donors (Lipinski definition) is 1. The molecule has 30 heavy (non-hydrogen) atoms. The number of ether oxygens (including phenoxy) is 1. The lowest BCUT2D eigenvalue weighted by molar-refractivity contribution is -0.122. The Bertz CT molecular complexity index is 648. The zero-order valence-corrected chi connectivity index (χ0v) is 19.4. The first-order valence-corrected chi connectivity index (χ1v) is 11.9. The van der Waals surface area contributed by atoms with Gasteiger partial charge in [0.05, 0.1) is 0 Å². The summed E-state index contributed by atoms with van der Waals surface area (Å²) in [6.45, 7) is 8.35. The van der Waals surface area contributed by atoms with E-state index in [1.54, 1.807) is 7.11 Å². The maximum Gasteiger partial charge on any atom is 0.220 e. The third kappa shape index (κ3) is 7.44. The Kier molecular flexibility index (Phi) is 9.28. The highest BCUT2D eigenvalue weighted by molar-refractivity contribution is 6.30. The van der Waals surface area contributed by atoms with Crippen LogP contribution in [-0.4, -0.2) is 63.3 Å². The Hall–Kier alpha value is -1.30. The van der Waals surface area contributed by atoms with Crippen molar-refractivity contribution in [3.8, 4) is 0 Å². The van der Waals surface area contributed by atoms with Crippen molar-refractivity contribution in [1.29, 1.82) is 0 Å². The fourth-order valence-electron chi connectivity index (χ4n) is 4.77. The number of piperazine rings is 1. The smallest absolute Gasteiger partial charge is 0.220 e. The summed E-state index contributed by atoms with van der Waals surface area (Å²) in [6, 6.07) is 6.71. The number of rotatable bonds is 9. The van der Waals surface area contributed by atoms with E-state index in [0.29, 0.717) is 19.1 Å². The second-order valence-electron chi connectivity index (χ2n) is 8.99. The molecule has 0 unspecified atom stereocenters. The molecule has 0 spiro atoms. The van der Waals surface area contributed by atoms with Crippen LogP contribution in [0, 0.1) is 12.8 Å². The van der Waals surface area contributed by atoms with Crippen molar-refractivity contribution >= 4 is 23.2 Å². The van der Waals surface area contributed by atoms with Crippen LogP contribution in [0.3, 0.4) is 0 Å². The van der Waals surface area contributed by atoms with Crippen molar-refractivity contribution in [1.82, 2.24) is 10.2 Å². The van der Waals surface area contributed by atoms with Gasteiger partial charge in [-0.05, 0) is 81.7 Å². The first-order valence-electron chi connectivity index (χ1n) is 11.6. The highest BCUT2D eigenvalue weighted by Gasteiger charge is 2.24. The predicted octanol–water partition coefficient (Wildman–Crippen LogP) is 4.26. The van der Waals surface area contributed by atoms with Crippen LogP contribution in [-0.2, 0) is 9.53 Å². The van der Waals surface area contributed by atoms with Gasteiger partial charge in [0.15, 0.2) is 0 Å². The third-order valence-corrected chi connectivity index (χ3v) is 6.80. The van der Waals surface area contributed by atoms with E-state index in [0.717, 1.165) is 56.4 Å². The van der Waals surface area contributed by atoms with Gasteiger partial charge in [0, 0.05) is 63.1 Å². The van der Waals surface area contributed by atoms with Crippen LogP contribution < -0.4 is 10.2 Å². The lowest BCUT2D eigenvalue weighted by Crippen LogP contribution is -2.47. The molecule has 2 fully saturated rings. The Morgan fingerprint density at radius 3 is 2.53 bits per heavy atom. The number of nitrogens with zero attached hydrogens (tertiary/aromatic N) is 2. The summed E-state index contributed by atoms with van der Waals surface area (Å²) < 4.78 is 5.02. The molecule has 3 rings (SSSR count). The SMILES string of the molecule is COCCCC(=O)N[C@H]1CC[C@H](CCN2CCN(c3cc(C)cc(Cl)c3)CC2)CC1. The number of carbonyl (C=O) groups is 1. The predicted molar refractivity (Wildman–Crippen MR) is 124 cm³/mol. The molecule has 5 nitrogen and oxygen atoms in total. The van der Waals surface area contributed by atoms with Crippen LogP contribution >= 0.6 is 11.6 Å². The van der Waals surface area contributed by atoms with Crippen LogP contribution in [0.15, 0.2) is 18.2 Å². The maximum absolute atomic E-state index is 12.0. The molecule has 1 amide bonds. The minimum absolute atomic E-state index is 0.184. The molecule has 1 aromatic carbocycles. The minimum atomic E-state index is 0.184. The molecule has 0 atom stereocenters. The van der Waals surface area contributed by atoms with Crippen molar-refractivity contribution in [2.24, 2.45) is 5.92 Å². The van der Waals surface area contributed by atoms with Crippen LogP contribution in [0.4, 0.5) is 5.69 Å². The van der Waals surface area contributed by atoms with E-state index < -0.39 is 0 Å². The number of methoxy groups -OCH3 is 1. The molecular formula is C24H38ClN3O2. The Morgan fingerprint density at radius 1 is 1.13 bits per heavy atom. The number of amides is 1. The fourth-order valence-corrected chi connectivity index (χ4v) is 5.05. The van der Waals surface area contributed by atoms with Crippen molar-refractivity contribution < 1.29 is 9.53 Å². The molecule has 0 aromatic heterocycles. The van der Waals surface area contributed by atoms with Gasteiger partial charge in [-0.3, -0.25) is 9.69 Å². The van der Waals surface area contributed by atoms with E-state index in [4.69, 9.17) is 16.3 Å². The quantitative estimate of drug-likeness (QED) is 0.588. The van der Waals surface area contributed by atoms with Crippen molar-refractivity contribution in [2.45, 2.75) is 57.9 Å². The van der Waals surface area contributed by atoms with Gasteiger partial charge in [0.1, 0.15) is 0 Å². The summed E-state index contributed by atoms with van der Waals surface area (Å²) in [6.07, 6.45) is 7.40. The molecule has 1 saturated carbocycles. The van der Waals surface area contributed by atoms with Crippen molar-refractivity contribution in [3.63, 3.8) is 0 Å².